The van der Waals surface area contributed by atoms with Crippen molar-refractivity contribution in [1.82, 2.24) is 0 Å². The first kappa shape index (κ1) is 17.1. The molecule has 0 radical (unpaired) electrons. The number of hydrogen-bond acceptors (Lipinski definition) is 2. The van der Waals surface area contributed by atoms with Gasteiger partial charge >= 0.3 is 148 Å². The number of alkyl halides is 1. The van der Waals surface area contributed by atoms with Crippen LogP contribution in [0.2, 0.25) is 0 Å². The van der Waals surface area contributed by atoms with E-state index in [4.69, 9.17) is 9.47 Å². The minimum absolute atomic E-state index is 0.711. The summed E-state index contributed by atoms with van der Waals surface area (Å²) in [6.45, 7) is 0.711. The second-order valence-corrected chi connectivity index (χ2v) is 12.8. The average Bonchev–Trinajstić information content (AvgIpc) is 2.55. The Hall–Kier alpha value is -0.270. The molecule has 114 valence electrons. The molecule has 0 unspecified atom stereocenters. The Morgan fingerprint density at radius 2 is 1.86 bits per heavy atom. The topological polar surface area (TPSA) is 18.5 Å². The van der Waals surface area contributed by atoms with Crippen LogP contribution < -0.4 is 9.47 Å². The van der Waals surface area contributed by atoms with Gasteiger partial charge in [0.05, 0.1) is 0 Å². The molecule has 0 heterocycles. The van der Waals surface area contributed by atoms with Crippen LogP contribution in [-0.4, -0.2) is 19.0 Å². The third kappa shape index (κ3) is 4.86. The Labute approximate surface area is 147 Å². The Kier molecular flexibility index (Phi) is 7.33. The van der Waals surface area contributed by atoms with Gasteiger partial charge in [-0.3, -0.25) is 0 Å². The fourth-order valence-corrected chi connectivity index (χ4v) is 8.04. The second-order valence-electron chi connectivity index (χ2n) is 4.22. The molecule has 0 aromatic heterocycles. The fraction of sp³-hybridized carbons (Fsp3) is 0.250. The Bertz CT molecular complexity index is 563. The van der Waals surface area contributed by atoms with Gasteiger partial charge in [0.2, 0.25) is 0 Å². The summed E-state index contributed by atoms with van der Waals surface area (Å²) >= 11 is 5.71. The summed E-state index contributed by atoms with van der Waals surface area (Å²) in [5, 5.41) is 0.952. The van der Waals surface area contributed by atoms with Crippen molar-refractivity contribution >= 4 is 46.2 Å². The van der Waals surface area contributed by atoms with Crippen molar-refractivity contribution < 1.29 is 9.47 Å². The Morgan fingerprint density at radius 1 is 1.10 bits per heavy atom. The van der Waals surface area contributed by atoms with Crippen molar-refractivity contribution in [2.45, 2.75) is 6.42 Å². The molecular weight excluding hydrogens is 511 g/mol. The zero-order chi connectivity index (χ0) is 15.1. The van der Waals surface area contributed by atoms with Crippen LogP contribution in [0.3, 0.4) is 0 Å². The number of benzene rings is 2. The van der Waals surface area contributed by atoms with Gasteiger partial charge in [0.1, 0.15) is 0 Å². The molecule has 0 fully saturated rings. The predicted octanol–water partition coefficient (Wildman–Crippen LogP) is 5.71. The predicted molar refractivity (Wildman–Crippen MR) is 104 cm³/mol. The van der Waals surface area contributed by atoms with Crippen molar-refractivity contribution in [2.75, 3.05) is 19.0 Å². The first-order valence-electron chi connectivity index (χ1n) is 6.54. The van der Waals surface area contributed by atoms with Gasteiger partial charge in [0.15, 0.2) is 0 Å². The molecule has 5 heteroatoms. The van der Waals surface area contributed by atoms with Crippen LogP contribution >= 0.6 is 46.2 Å². The van der Waals surface area contributed by atoms with Crippen LogP contribution in [0.5, 0.6) is 11.5 Å². The molecule has 0 N–H and O–H groups in total. The Balaban J connectivity index is 2.20. The molecule has 2 aromatic carbocycles. The summed E-state index contributed by atoms with van der Waals surface area (Å²) in [4.78, 5) is 0. The van der Waals surface area contributed by atoms with E-state index in [9.17, 15) is 0 Å². The van der Waals surface area contributed by atoms with Gasteiger partial charge in [0.25, 0.3) is 0 Å². The summed E-state index contributed by atoms with van der Waals surface area (Å²) in [6, 6.07) is 16.7. The molecule has 0 atom stereocenters. The zero-order valence-electron chi connectivity index (χ0n) is 11.7. The van der Waals surface area contributed by atoms with E-state index in [-0.39, 0.29) is 0 Å². The van der Waals surface area contributed by atoms with Crippen LogP contribution in [0.1, 0.15) is 6.42 Å². The van der Waals surface area contributed by atoms with Crippen molar-refractivity contribution in [2.24, 2.45) is 0 Å². The summed E-state index contributed by atoms with van der Waals surface area (Å²) in [7, 11) is 1.71. The molecule has 21 heavy (non-hydrogen) atoms. The first-order chi connectivity index (χ1) is 10.3. The quantitative estimate of drug-likeness (QED) is 0.261. The van der Waals surface area contributed by atoms with Crippen molar-refractivity contribution in [3.05, 3.63) is 55.7 Å². The number of ether oxygens (including phenoxy) is 2. The molecule has 0 saturated heterocycles. The summed E-state index contributed by atoms with van der Waals surface area (Å²) in [5.74, 6) is 1.76. The van der Waals surface area contributed by atoms with E-state index >= 15 is 0 Å². The monoisotopic (exact) mass is 526 g/mol. The fourth-order valence-electron chi connectivity index (χ4n) is 1.75. The first-order valence-corrected chi connectivity index (χ1v) is 14.7. The van der Waals surface area contributed by atoms with Gasteiger partial charge in [-0.25, -0.2) is 0 Å². The van der Waals surface area contributed by atoms with E-state index in [2.05, 4.69) is 59.0 Å². The van der Waals surface area contributed by atoms with Gasteiger partial charge in [0, 0.05) is 0 Å². The van der Waals surface area contributed by atoms with E-state index in [0.29, 0.717) is 6.61 Å². The maximum atomic E-state index is 5.72. The van der Waals surface area contributed by atoms with Gasteiger partial charge in [-0.1, -0.05) is 0 Å². The van der Waals surface area contributed by atoms with Crippen LogP contribution in [0.25, 0.3) is 0 Å². The molecule has 2 aromatic rings. The van der Waals surface area contributed by atoms with E-state index < -0.39 is 17.6 Å². The summed E-state index contributed by atoms with van der Waals surface area (Å²) in [5.41, 5.74) is 0. The molecule has 0 amide bonds. The second kappa shape index (κ2) is 9.00. The molecular formula is C16H17Br2IO2. The van der Waals surface area contributed by atoms with Gasteiger partial charge in [-0.05, 0) is 0 Å². The molecule has 0 spiro atoms. The molecule has 2 nitrogen and oxygen atoms in total. The summed E-state index contributed by atoms with van der Waals surface area (Å²) < 4.78 is 13.9. The van der Waals surface area contributed by atoms with E-state index in [0.717, 1.165) is 23.2 Å². The van der Waals surface area contributed by atoms with Crippen LogP contribution in [0.4, 0.5) is 0 Å². The van der Waals surface area contributed by atoms with Gasteiger partial charge in [-0.15, -0.1) is 0 Å². The van der Waals surface area contributed by atoms with Crippen LogP contribution in [-0.2, 0) is 0 Å². The van der Waals surface area contributed by atoms with Gasteiger partial charge < -0.3 is 0 Å². The number of hydrogen-bond donors (Lipinski definition) is 0. The third-order valence-corrected chi connectivity index (χ3v) is 11.5. The standard InChI is InChI=1S/C16H17Br2IO2/c1-20-16-12-14(21-11-5-10-17)8-9-15(16)19(18)13-6-3-2-4-7-13/h2-4,6-9,12H,5,10-11H2,1H3. The number of rotatable bonds is 7. The summed E-state index contributed by atoms with van der Waals surface area (Å²) in [6.07, 6.45) is 0.991. The molecule has 0 bridgehead atoms. The molecule has 0 saturated carbocycles. The number of halogens is 3. The van der Waals surface area contributed by atoms with Crippen molar-refractivity contribution in [3.8, 4) is 11.5 Å². The Morgan fingerprint density at radius 3 is 2.52 bits per heavy atom. The zero-order valence-corrected chi connectivity index (χ0v) is 17.0. The van der Waals surface area contributed by atoms with Gasteiger partial charge in [-0.2, -0.15) is 0 Å². The minimum atomic E-state index is -1.60. The molecule has 0 aliphatic heterocycles. The SMILES string of the molecule is COc1cc(OCCCBr)ccc1I(Br)c1ccccc1. The third-order valence-electron chi connectivity index (χ3n) is 2.77. The van der Waals surface area contributed by atoms with E-state index in [1.807, 2.05) is 18.2 Å². The van der Waals surface area contributed by atoms with E-state index in [1.54, 1.807) is 7.11 Å². The molecule has 0 aliphatic carbocycles. The molecule has 0 aliphatic rings. The van der Waals surface area contributed by atoms with Crippen LogP contribution in [0.15, 0.2) is 48.5 Å². The van der Waals surface area contributed by atoms with E-state index in [1.165, 1.54) is 7.14 Å². The van der Waals surface area contributed by atoms with Crippen molar-refractivity contribution in [1.29, 1.82) is 0 Å². The maximum absolute atomic E-state index is 5.72. The molecule has 2 rings (SSSR count). The number of methoxy groups -OCH3 is 1. The average molecular weight is 528 g/mol. The normalized spacial score (nSPS) is 11.1. The van der Waals surface area contributed by atoms with Crippen LogP contribution in [0, 0.1) is 7.14 Å². The van der Waals surface area contributed by atoms with Crippen molar-refractivity contribution in [3.63, 3.8) is 0 Å².